The number of hydrogen-bond acceptors (Lipinski definition) is 3. The second kappa shape index (κ2) is 6.67. The zero-order chi connectivity index (χ0) is 15.7. The van der Waals surface area contributed by atoms with Crippen molar-refractivity contribution in [3.8, 4) is 5.75 Å². The van der Waals surface area contributed by atoms with Gasteiger partial charge in [-0.2, -0.15) is 0 Å². The van der Waals surface area contributed by atoms with Gasteiger partial charge in [0.2, 0.25) is 0 Å². The van der Waals surface area contributed by atoms with Crippen LogP contribution in [0.4, 0.5) is 5.69 Å². The minimum Gasteiger partial charge on any atom is -0.505 e. The predicted molar refractivity (Wildman–Crippen MR) is 94.3 cm³/mol. The molecule has 1 amide bonds. The van der Waals surface area contributed by atoms with Crippen molar-refractivity contribution in [2.24, 2.45) is 0 Å². The Morgan fingerprint density at radius 2 is 2.00 bits per heavy atom. The lowest BCUT2D eigenvalue weighted by atomic mass is 10.1. The summed E-state index contributed by atoms with van der Waals surface area (Å²) >= 11 is 5.90. The minimum atomic E-state index is -0.393. The number of carbonyl (C=O) groups is 1. The monoisotopic (exact) mass is 328 g/mol. The second-order valence-electron chi connectivity index (χ2n) is 4.95. The molecule has 1 aromatic heterocycles. The van der Waals surface area contributed by atoms with E-state index in [0.717, 1.165) is 10.9 Å². The average molecular weight is 329 g/mol. The van der Waals surface area contributed by atoms with E-state index in [9.17, 15) is 9.90 Å². The molecule has 118 valence electrons. The molecule has 0 aliphatic heterocycles. The Hall–Kier alpha value is -2.59. The molecule has 0 radical (unpaired) electrons. The van der Waals surface area contributed by atoms with Gasteiger partial charge in [-0.3, -0.25) is 9.78 Å². The molecule has 0 aliphatic carbocycles. The molecule has 2 N–H and O–H groups in total. The number of carbonyl (C=O) groups excluding carboxylic acids is 1. The largest absolute Gasteiger partial charge is 0.505 e. The Morgan fingerprint density at radius 1 is 1.22 bits per heavy atom. The van der Waals surface area contributed by atoms with E-state index in [2.05, 4.69) is 10.3 Å². The smallest absolute Gasteiger partial charge is 0.259 e. The molecule has 0 bridgehead atoms. The number of aromatic hydroxyl groups is 1. The highest BCUT2D eigenvalue weighted by molar-refractivity contribution is 6.30. The highest BCUT2D eigenvalue weighted by Crippen LogP contribution is 2.28. The normalized spacial score (nSPS) is 10.2. The Labute approximate surface area is 139 Å². The molecule has 0 saturated heterocycles. The molecule has 5 heteroatoms. The van der Waals surface area contributed by atoms with Crippen LogP contribution in [-0.2, 0) is 0 Å². The van der Waals surface area contributed by atoms with Crippen LogP contribution >= 0.6 is 11.6 Å². The molecule has 3 aromatic rings. The quantitative estimate of drug-likeness (QED) is 0.711. The van der Waals surface area contributed by atoms with Gasteiger partial charge < -0.3 is 10.4 Å². The first-order chi connectivity index (χ1) is 10.6. The molecular formula is C18H17ClN2O2. The van der Waals surface area contributed by atoms with E-state index in [0.29, 0.717) is 16.2 Å². The second-order valence-corrected chi connectivity index (χ2v) is 5.39. The van der Waals surface area contributed by atoms with Gasteiger partial charge in [-0.15, -0.1) is 0 Å². The number of fused-ring (bicyclic) bond motifs is 1. The summed E-state index contributed by atoms with van der Waals surface area (Å²) in [5, 5.41) is 14.4. The fraction of sp³-hybridized carbons (Fsp3) is 0.111. The number of nitrogens with one attached hydrogen (secondary N) is 1. The Balaban J connectivity index is 0.00000192. The number of anilines is 1. The topological polar surface area (TPSA) is 62.2 Å². The molecule has 0 unspecified atom stereocenters. The van der Waals surface area contributed by atoms with Crippen LogP contribution in [0.5, 0.6) is 5.75 Å². The van der Waals surface area contributed by atoms with Crippen LogP contribution in [0.3, 0.4) is 0 Å². The van der Waals surface area contributed by atoms with Crippen molar-refractivity contribution in [2.75, 3.05) is 5.32 Å². The molecule has 3 rings (SSSR count). The van der Waals surface area contributed by atoms with Gasteiger partial charge in [-0.05, 0) is 42.8 Å². The minimum absolute atomic E-state index is 0. The Morgan fingerprint density at radius 3 is 2.74 bits per heavy atom. The van der Waals surface area contributed by atoms with Gasteiger partial charge in [0, 0.05) is 22.3 Å². The zero-order valence-corrected chi connectivity index (χ0v) is 12.6. The van der Waals surface area contributed by atoms with E-state index < -0.39 is 5.91 Å². The summed E-state index contributed by atoms with van der Waals surface area (Å²) in [5.41, 5.74) is 2.08. The molecule has 0 aliphatic rings. The molecule has 1 heterocycles. The zero-order valence-electron chi connectivity index (χ0n) is 11.8. The summed E-state index contributed by atoms with van der Waals surface area (Å²) in [5.74, 6) is -0.516. The summed E-state index contributed by atoms with van der Waals surface area (Å²) in [4.78, 5) is 16.5. The summed E-state index contributed by atoms with van der Waals surface area (Å²) in [6.07, 6.45) is 1.58. The molecular weight excluding hydrogens is 312 g/mol. The SMILES string of the molecule is C.Cc1cc(Cl)ccc1NC(=O)c1ccc2cccnc2c1O. The number of benzene rings is 2. The van der Waals surface area contributed by atoms with Crippen LogP contribution in [0.25, 0.3) is 10.9 Å². The van der Waals surface area contributed by atoms with Gasteiger partial charge >= 0.3 is 0 Å². The maximum atomic E-state index is 12.4. The number of pyridine rings is 1. The molecule has 0 fully saturated rings. The first-order valence-electron chi connectivity index (χ1n) is 6.70. The van der Waals surface area contributed by atoms with Gasteiger partial charge in [0.15, 0.2) is 5.75 Å². The molecule has 0 atom stereocenters. The maximum Gasteiger partial charge on any atom is 0.259 e. The predicted octanol–water partition coefficient (Wildman–Crippen LogP) is 4.79. The van der Waals surface area contributed by atoms with Crippen LogP contribution in [0, 0.1) is 6.92 Å². The number of phenolic OH excluding ortho intramolecular Hbond substituents is 1. The van der Waals surface area contributed by atoms with Crippen molar-refractivity contribution >= 4 is 34.1 Å². The number of rotatable bonds is 2. The van der Waals surface area contributed by atoms with Gasteiger partial charge in [0.25, 0.3) is 5.91 Å². The van der Waals surface area contributed by atoms with Crippen molar-refractivity contribution in [2.45, 2.75) is 14.4 Å². The Bertz CT molecular complexity index is 878. The molecule has 2 aromatic carbocycles. The molecule has 4 nitrogen and oxygen atoms in total. The summed E-state index contributed by atoms with van der Waals surface area (Å²) in [6.45, 7) is 1.85. The first-order valence-corrected chi connectivity index (χ1v) is 7.08. The van der Waals surface area contributed by atoms with Crippen LogP contribution in [0.15, 0.2) is 48.7 Å². The van der Waals surface area contributed by atoms with Gasteiger partial charge in [0.1, 0.15) is 5.52 Å². The highest BCUT2D eigenvalue weighted by atomic mass is 35.5. The van der Waals surface area contributed by atoms with Gasteiger partial charge in [-0.25, -0.2) is 0 Å². The number of hydrogen-bond donors (Lipinski definition) is 2. The fourth-order valence-corrected chi connectivity index (χ4v) is 2.50. The van der Waals surface area contributed by atoms with E-state index in [4.69, 9.17) is 11.6 Å². The summed E-state index contributed by atoms with van der Waals surface area (Å²) < 4.78 is 0. The third kappa shape index (κ3) is 3.27. The lowest BCUT2D eigenvalue weighted by Gasteiger charge is -2.10. The van der Waals surface area contributed by atoms with E-state index in [-0.39, 0.29) is 18.7 Å². The summed E-state index contributed by atoms with van der Waals surface area (Å²) in [7, 11) is 0. The standard InChI is InChI=1S/C17H13ClN2O2.CH4/c1-10-9-12(18)5-7-14(10)20-17(22)13-6-4-11-3-2-8-19-15(11)16(13)21;/h2-9,21H,1H3,(H,20,22);1H4. The third-order valence-electron chi connectivity index (χ3n) is 3.43. The van der Waals surface area contributed by atoms with E-state index in [1.807, 2.05) is 13.0 Å². The van der Waals surface area contributed by atoms with Gasteiger partial charge in [0.05, 0.1) is 5.56 Å². The van der Waals surface area contributed by atoms with Crippen molar-refractivity contribution in [3.05, 3.63) is 64.8 Å². The average Bonchev–Trinajstić information content (AvgIpc) is 2.50. The van der Waals surface area contributed by atoms with Crippen molar-refractivity contribution < 1.29 is 9.90 Å². The third-order valence-corrected chi connectivity index (χ3v) is 3.66. The van der Waals surface area contributed by atoms with Crippen LogP contribution in [-0.4, -0.2) is 16.0 Å². The van der Waals surface area contributed by atoms with E-state index in [1.54, 1.807) is 42.6 Å². The van der Waals surface area contributed by atoms with Gasteiger partial charge in [-0.1, -0.05) is 31.2 Å². The Kier molecular flexibility index (Phi) is 4.86. The lowest BCUT2D eigenvalue weighted by molar-refractivity contribution is 0.102. The molecule has 0 saturated carbocycles. The maximum absolute atomic E-state index is 12.4. The van der Waals surface area contributed by atoms with E-state index >= 15 is 0 Å². The molecule has 23 heavy (non-hydrogen) atoms. The van der Waals surface area contributed by atoms with E-state index in [1.165, 1.54) is 0 Å². The lowest BCUT2D eigenvalue weighted by Crippen LogP contribution is -2.13. The number of phenols is 1. The number of halogens is 1. The number of aryl methyl sites for hydroxylation is 1. The van der Waals surface area contributed by atoms with Crippen molar-refractivity contribution in [1.29, 1.82) is 0 Å². The first kappa shape index (κ1) is 16.8. The number of nitrogens with zero attached hydrogens (tertiary/aromatic N) is 1. The van der Waals surface area contributed by atoms with Crippen LogP contribution in [0.1, 0.15) is 23.3 Å². The van der Waals surface area contributed by atoms with Crippen molar-refractivity contribution in [3.63, 3.8) is 0 Å². The fourth-order valence-electron chi connectivity index (χ4n) is 2.27. The highest BCUT2D eigenvalue weighted by Gasteiger charge is 2.15. The van der Waals surface area contributed by atoms with Crippen LogP contribution < -0.4 is 5.32 Å². The molecule has 0 spiro atoms. The van der Waals surface area contributed by atoms with Crippen molar-refractivity contribution in [1.82, 2.24) is 4.98 Å². The number of aromatic nitrogens is 1. The number of amides is 1. The summed E-state index contributed by atoms with van der Waals surface area (Å²) in [6, 6.07) is 12.1. The van der Waals surface area contributed by atoms with Crippen LogP contribution in [0.2, 0.25) is 5.02 Å².